The van der Waals surface area contributed by atoms with Crippen molar-refractivity contribution in [2.24, 2.45) is 0 Å². The second kappa shape index (κ2) is 6.65. The topological polar surface area (TPSA) is 0 Å². The van der Waals surface area contributed by atoms with Crippen molar-refractivity contribution in [3.05, 3.63) is 0 Å². The third-order valence-electron chi connectivity index (χ3n) is 1.70. The number of hydrogen-bond donors (Lipinski definition) is 0. The molecule has 0 aromatic rings. The summed E-state index contributed by atoms with van der Waals surface area (Å²) in [6.07, 6.45) is 6.88. The molecule has 1 heteroatoms. The van der Waals surface area contributed by atoms with Crippen LogP contribution in [0.5, 0.6) is 0 Å². The minimum Gasteiger partial charge on any atom is -0.107 e. The molecule has 0 bridgehead atoms. The maximum atomic E-state index is 2.90. The van der Waals surface area contributed by atoms with Crippen LogP contribution in [0.25, 0.3) is 0 Å². The molecule has 0 N–H and O–H groups in total. The van der Waals surface area contributed by atoms with Crippen LogP contribution in [0.1, 0.15) is 46.0 Å². The Bertz CT molecular complexity index is 52.5. The maximum absolute atomic E-state index is 2.90. The van der Waals surface area contributed by atoms with Crippen molar-refractivity contribution in [3.8, 4) is 0 Å². The Kier molecular flexibility index (Phi) is 7.04. The Morgan fingerprint density at radius 3 is 2.33 bits per heavy atom. The highest BCUT2D eigenvalue weighted by Crippen LogP contribution is 2.14. The lowest BCUT2D eigenvalue weighted by Gasteiger charge is -2.06. The van der Waals surface area contributed by atoms with Gasteiger partial charge in [-0.3, -0.25) is 0 Å². The second-order valence-corrected chi connectivity index (χ2v) is 3.61. The molecule has 1 unspecified atom stereocenters. The number of rotatable bonds is 5. The summed E-state index contributed by atoms with van der Waals surface area (Å²) in [5.74, 6) is 0. The van der Waals surface area contributed by atoms with Gasteiger partial charge in [-0.2, -0.15) is 0 Å². The lowest BCUT2D eigenvalue weighted by Crippen LogP contribution is -1.89. The van der Waals surface area contributed by atoms with Gasteiger partial charge in [-0.25, -0.2) is 0 Å². The van der Waals surface area contributed by atoms with E-state index in [1.165, 1.54) is 32.1 Å². The van der Waals surface area contributed by atoms with Gasteiger partial charge in [0, 0.05) is 0 Å². The number of hydrogen-bond acceptors (Lipinski definition) is 0. The molecule has 9 heavy (non-hydrogen) atoms. The highest BCUT2D eigenvalue weighted by molar-refractivity contribution is 6.11. The Labute approximate surface area is 67.5 Å². The Balaban J connectivity index is 2.88. The van der Waals surface area contributed by atoms with Gasteiger partial charge in [-0.05, 0) is 0 Å². The minimum atomic E-state index is 0.872. The summed E-state index contributed by atoms with van der Waals surface area (Å²) < 4.78 is 0.872. The van der Waals surface area contributed by atoms with E-state index in [0.717, 1.165) is 4.78 Å². The number of unbranched alkanes of at least 4 members (excludes halogenated alkanes) is 2. The molecule has 0 nitrogen and oxygen atoms in total. The van der Waals surface area contributed by atoms with Crippen molar-refractivity contribution in [2.75, 3.05) is 0 Å². The first-order chi connectivity index (χ1) is 4.31. The van der Waals surface area contributed by atoms with Crippen molar-refractivity contribution in [2.45, 2.75) is 50.7 Å². The van der Waals surface area contributed by atoms with Gasteiger partial charge in [0.1, 0.15) is 16.3 Å². The minimum absolute atomic E-state index is 0.872. The fourth-order valence-corrected chi connectivity index (χ4v) is 1.10. The van der Waals surface area contributed by atoms with Gasteiger partial charge in [0.05, 0.1) is 0 Å². The molecular weight excluding hydrogens is 123 g/mol. The zero-order valence-corrected chi connectivity index (χ0v) is 7.84. The molecule has 0 aromatic heterocycles. The molecule has 0 rings (SSSR count). The van der Waals surface area contributed by atoms with E-state index in [1.54, 1.807) is 0 Å². The van der Waals surface area contributed by atoms with E-state index in [-0.39, 0.29) is 0 Å². The van der Waals surface area contributed by atoms with Crippen molar-refractivity contribution in [1.29, 1.82) is 0 Å². The molecule has 52 valence electrons. The molecule has 0 saturated carbocycles. The molecule has 0 saturated heterocycles. The molecule has 0 spiro atoms. The molecule has 2 radical (unpaired) electrons. The standard InChI is InChI=1S/C8H17.Al/c1-3-5-7-8-6-4-2;/h5H,3-4,6-8H2,1-2H3;. The van der Waals surface area contributed by atoms with Crippen LogP contribution in [-0.4, -0.2) is 16.3 Å². The van der Waals surface area contributed by atoms with E-state index in [1.807, 2.05) is 0 Å². The lowest BCUT2D eigenvalue weighted by molar-refractivity contribution is 0.624. The smallest absolute Gasteiger partial charge is 0.107 e. The molecule has 0 aliphatic carbocycles. The van der Waals surface area contributed by atoms with Gasteiger partial charge in [-0.1, -0.05) is 46.0 Å². The fraction of sp³-hybridized carbons (Fsp3) is 1.00. The average Bonchev–Trinajstić information content (AvgIpc) is 1.89. The summed E-state index contributed by atoms with van der Waals surface area (Å²) in [5, 5.41) is 0. The van der Waals surface area contributed by atoms with Crippen LogP contribution < -0.4 is 0 Å². The Morgan fingerprint density at radius 2 is 1.89 bits per heavy atom. The molecule has 1 atom stereocenters. The van der Waals surface area contributed by atoms with Gasteiger partial charge in [0.2, 0.25) is 0 Å². The van der Waals surface area contributed by atoms with Crippen LogP contribution in [0.15, 0.2) is 0 Å². The van der Waals surface area contributed by atoms with Crippen LogP contribution in [0.4, 0.5) is 0 Å². The van der Waals surface area contributed by atoms with Crippen LogP contribution in [0.3, 0.4) is 0 Å². The first-order valence-corrected chi connectivity index (χ1v) is 4.73. The van der Waals surface area contributed by atoms with Gasteiger partial charge < -0.3 is 0 Å². The van der Waals surface area contributed by atoms with Crippen molar-refractivity contribution in [3.63, 3.8) is 0 Å². The van der Waals surface area contributed by atoms with Crippen molar-refractivity contribution >= 4 is 16.3 Å². The Morgan fingerprint density at radius 1 is 1.22 bits per heavy atom. The zero-order chi connectivity index (χ0) is 7.11. The summed E-state index contributed by atoms with van der Waals surface area (Å²) in [6, 6.07) is 0. The van der Waals surface area contributed by atoms with E-state index in [0.29, 0.717) is 0 Å². The average molecular weight is 140 g/mol. The first-order valence-electron chi connectivity index (χ1n) is 4.06. The van der Waals surface area contributed by atoms with Gasteiger partial charge in [-0.15, -0.1) is 4.78 Å². The monoisotopic (exact) mass is 140 g/mol. The van der Waals surface area contributed by atoms with Crippen LogP contribution in [0.2, 0.25) is 4.78 Å². The van der Waals surface area contributed by atoms with E-state index in [4.69, 9.17) is 0 Å². The largest absolute Gasteiger partial charge is 0.123 e. The summed E-state index contributed by atoms with van der Waals surface area (Å²) in [7, 11) is 0. The van der Waals surface area contributed by atoms with Gasteiger partial charge >= 0.3 is 0 Å². The summed E-state index contributed by atoms with van der Waals surface area (Å²) in [4.78, 5) is 0. The molecular formula is C8H17Al. The predicted molar refractivity (Wildman–Crippen MR) is 43.9 cm³/mol. The van der Waals surface area contributed by atoms with E-state index >= 15 is 0 Å². The molecule has 0 heterocycles. The van der Waals surface area contributed by atoms with E-state index in [2.05, 4.69) is 30.1 Å². The second-order valence-electron chi connectivity index (χ2n) is 2.66. The van der Waals surface area contributed by atoms with Gasteiger partial charge in [0.25, 0.3) is 0 Å². The summed E-state index contributed by atoms with van der Waals surface area (Å²) in [5.41, 5.74) is 0. The predicted octanol–water partition coefficient (Wildman–Crippen LogP) is 2.93. The molecule has 0 fully saturated rings. The molecule has 0 aromatic carbocycles. The SMILES string of the molecule is CCCCC[CH]([Al])CC. The highest BCUT2D eigenvalue weighted by atomic mass is 27.0. The quantitative estimate of drug-likeness (QED) is 0.407. The highest BCUT2D eigenvalue weighted by Gasteiger charge is 1.94. The first kappa shape index (κ1) is 9.53. The molecule has 0 amide bonds. The fourth-order valence-electron chi connectivity index (χ4n) is 0.861. The van der Waals surface area contributed by atoms with Crippen LogP contribution in [0, 0.1) is 0 Å². The molecule has 0 aliphatic heterocycles. The van der Waals surface area contributed by atoms with E-state index in [9.17, 15) is 0 Å². The summed E-state index contributed by atoms with van der Waals surface area (Å²) in [6.45, 7) is 4.51. The molecule has 0 aliphatic rings. The van der Waals surface area contributed by atoms with E-state index < -0.39 is 0 Å². The zero-order valence-electron chi connectivity index (χ0n) is 6.69. The van der Waals surface area contributed by atoms with Crippen molar-refractivity contribution in [1.82, 2.24) is 0 Å². The van der Waals surface area contributed by atoms with Crippen LogP contribution >= 0.6 is 0 Å². The lowest BCUT2D eigenvalue weighted by atomic mass is 10.1. The van der Waals surface area contributed by atoms with Gasteiger partial charge in [0.15, 0.2) is 0 Å². The third-order valence-corrected chi connectivity index (χ3v) is 2.51. The summed E-state index contributed by atoms with van der Waals surface area (Å²) >= 11 is 2.90. The third kappa shape index (κ3) is 6.42. The normalized spacial score (nSPS) is 13.6. The maximum Gasteiger partial charge on any atom is 0.123 e. The van der Waals surface area contributed by atoms with Crippen molar-refractivity contribution < 1.29 is 0 Å². The van der Waals surface area contributed by atoms with Crippen LogP contribution in [-0.2, 0) is 0 Å². The Hall–Kier alpha value is 0.532.